The van der Waals surface area contributed by atoms with Crippen molar-refractivity contribution >= 4 is 21.6 Å². The van der Waals surface area contributed by atoms with E-state index in [1.165, 1.54) is 9.87 Å². The molecule has 0 saturated heterocycles. The van der Waals surface area contributed by atoms with E-state index in [4.69, 9.17) is 9.47 Å². The number of rotatable bonds is 9. The van der Waals surface area contributed by atoms with Crippen LogP contribution in [0.5, 0.6) is 11.5 Å². The molecule has 1 amide bonds. The van der Waals surface area contributed by atoms with E-state index >= 15 is 0 Å². The lowest BCUT2D eigenvalue weighted by Gasteiger charge is -2.35. The minimum atomic E-state index is -3.90. The molecule has 1 atom stereocenters. The topological polar surface area (TPSA) is 84.9 Å². The summed E-state index contributed by atoms with van der Waals surface area (Å²) in [5, 5.41) is 2.81. The molecule has 0 radical (unpaired) electrons. The Morgan fingerprint density at radius 1 is 1.03 bits per heavy atom. The van der Waals surface area contributed by atoms with Gasteiger partial charge in [0.1, 0.15) is 18.1 Å². The molecule has 36 heavy (non-hydrogen) atoms. The first kappa shape index (κ1) is 25.6. The summed E-state index contributed by atoms with van der Waals surface area (Å²) in [5.41, 5.74) is 3.54. The molecule has 8 heteroatoms. The third kappa shape index (κ3) is 5.82. The lowest BCUT2D eigenvalue weighted by atomic mass is 10.1. The van der Waals surface area contributed by atoms with Gasteiger partial charge in [-0.1, -0.05) is 49.2 Å². The first-order valence-corrected chi connectivity index (χ1v) is 13.6. The molecule has 0 aromatic heterocycles. The maximum absolute atomic E-state index is 13.5. The number of anilines is 1. The van der Waals surface area contributed by atoms with Crippen LogP contribution in [0.15, 0.2) is 71.6 Å². The monoisotopic (exact) mass is 508 g/mol. The van der Waals surface area contributed by atoms with Crippen LogP contribution in [0.25, 0.3) is 0 Å². The van der Waals surface area contributed by atoms with Crippen LogP contribution < -0.4 is 19.1 Å². The Hall–Kier alpha value is -3.52. The maximum Gasteiger partial charge on any atom is 0.264 e. The number of fused-ring (bicyclic) bond motifs is 1. The number of benzene rings is 3. The highest BCUT2D eigenvalue weighted by Crippen LogP contribution is 2.37. The van der Waals surface area contributed by atoms with Gasteiger partial charge in [-0.3, -0.25) is 9.10 Å². The van der Waals surface area contributed by atoms with Gasteiger partial charge in [-0.2, -0.15) is 0 Å². The van der Waals surface area contributed by atoms with E-state index < -0.39 is 22.0 Å². The molecular formula is C28H32N2O5S. The third-order valence-corrected chi connectivity index (χ3v) is 7.81. The fraction of sp³-hybridized carbons (Fsp3) is 0.321. The average Bonchev–Trinajstić information content (AvgIpc) is 2.87. The van der Waals surface area contributed by atoms with Gasteiger partial charge in [0.15, 0.2) is 6.10 Å². The van der Waals surface area contributed by atoms with Gasteiger partial charge in [-0.25, -0.2) is 8.42 Å². The molecule has 0 saturated carbocycles. The van der Waals surface area contributed by atoms with Crippen LogP contribution in [0, 0.1) is 13.8 Å². The summed E-state index contributed by atoms with van der Waals surface area (Å²) in [7, 11) is -3.90. The van der Waals surface area contributed by atoms with Gasteiger partial charge >= 0.3 is 0 Å². The number of ether oxygens (including phenoxy) is 2. The first-order valence-electron chi connectivity index (χ1n) is 12.1. The van der Waals surface area contributed by atoms with Gasteiger partial charge in [-0.05, 0) is 67.8 Å². The molecule has 1 N–H and O–H groups in total. The van der Waals surface area contributed by atoms with Crippen LogP contribution in [0.4, 0.5) is 5.69 Å². The highest BCUT2D eigenvalue weighted by atomic mass is 32.2. The van der Waals surface area contributed by atoms with E-state index in [0.29, 0.717) is 11.4 Å². The fourth-order valence-corrected chi connectivity index (χ4v) is 5.53. The molecule has 3 aromatic rings. The lowest BCUT2D eigenvalue weighted by molar-refractivity contribution is -0.127. The summed E-state index contributed by atoms with van der Waals surface area (Å²) in [4.78, 5) is 13.1. The van der Waals surface area contributed by atoms with E-state index in [9.17, 15) is 13.2 Å². The van der Waals surface area contributed by atoms with Gasteiger partial charge in [0.2, 0.25) is 0 Å². The zero-order chi connectivity index (χ0) is 25.7. The Morgan fingerprint density at radius 3 is 2.42 bits per heavy atom. The normalized spacial score (nSPS) is 15.1. The number of carbonyl (C=O) groups excluding carboxylic acids is 1. The summed E-state index contributed by atoms with van der Waals surface area (Å²) in [6.45, 7) is 6.34. The molecule has 0 bridgehead atoms. The van der Waals surface area contributed by atoms with Gasteiger partial charge < -0.3 is 14.8 Å². The minimum absolute atomic E-state index is 0.127. The Morgan fingerprint density at radius 2 is 1.72 bits per heavy atom. The van der Waals surface area contributed by atoms with Gasteiger partial charge in [0.05, 0.1) is 23.7 Å². The molecule has 1 heterocycles. The Bertz CT molecular complexity index is 1300. The van der Waals surface area contributed by atoms with E-state index in [-0.39, 0.29) is 24.6 Å². The lowest BCUT2D eigenvalue weighted by Crippen LogP contribution is -2.51. The highest BCUT2D eigenvalue weighted by Gasteiger charge is 2.37. The molecule has 0 fully saturated rings. The predicted molar refractivity (Wildman–Crippen MR) is 140 cm³/mol. The summed E-state index contributed by atoms with van der Waals surface area (Å²) in [6, 6.07) is 19.9. The largest absolute Gasteiger partial charge is 0.492 e. The zero-order valence-corrected chi connectivity index (χ0v) is 21.7. The van der Waals surface area contributed by atoms with Crippen molar-refractivity contribution in [3.8, 4) is 11.5 Å². The molecule has 1 aliphatic heterocycles. The van der Waals surface area contributed by atoms with Crippen LogP contribution in [0.2, 0.25) is 0 Å². The van der Waals surface area contributed by atoms with Gasteiger partial charge in [0, 0.05) is 0 Å². The number of nitrogens with zero attached hydrogens (tertiary/aromatic N) is 1. The first-order chi connectivity index (χ1) is 17.3. The van der Waals surface area contributed by atoms with Crippen molar-refractivity contribution in [1.82, 2.24) is 5.32 Å². The van der Waals surface area contributed by atoms with E-state index in [0.717, 1.165) is 29.7 Å². The molecule has 0 unspecified atom stereocenters. The molecule has 4 rings (SSSR count). The smallest absolute Gasteiger partial charge is 0.264 e. The molecule has 1 aliphatic rings. The number of hydrogen-bond donors (Lipinski definition) is 1. The quantitative estimate of drug-likeness (QED) is 0.433. The van der Waals surface area contributed by atoms with Gasteiger partial charge in [0.25, 0.3) is 15.9 Å². The van der Waals surface area contributed by atoms with Crippen LogP contribution in [0.1, 0.15) is 30.0 Å². The van der Waals surface area contributed by atoms with Crippen molar-refractivity contribution in [1.29, 1.82) is 0 Å². The average molecular weight is 509 g/mol. The summed E-state index contributed by atoms with van der Waals surface area (Å²) < 4.78 is 40.0. The van der Waals surface area contributed by atoms with Crippen molar-refractivity contribution < 1.29 is 22.7 Å². The van der Waals surface area contributed by atoms with E-state index in [1.807, 2.05) is 44.2 Å². The van der Waals surface area contributed by atoms with Crippen molar-refractivity contribution in [3.05, 3.63) is 83.4 Å². The fourth-order valence-electron chi connectivity index (χ4n) is 4.06. The Balaban J connectivity index is 1.43. The van der Waals surface area contributed by atoms with E-state index in [1.54, 1.807) is 36.4 Å². The second-order valence-electron chi connectivity index (χ2n) is 8.96. The molecule has 0 aliphatic carbocycles. The minimum Gasteiger partial charge on any atom is -0.492 e. The van der Waals surface area contributed by atoms with Crippen molar-refractivity contribution in [3.63, 3.8) is 0 Å². The summed E-state index contributed by atoms with van der Waals surface area (Å²) in [6.07, 6.45) is 1.12. The summed E-state index contributed by atoms with van der Waals surface area (Å²) >= 11 is 0. The highest BCUT2D eigenvalue weighted by molar-refractivity contribution is 7.92. The van der Waals surface area contributed by atoms with Crippen LogP contribution in [-0.2, 0) is 21.2 Å². The molecule has 7 nitrogen and oxygen atoms in total. The number of aryl methyl sites for hydroxylation is 3. The van der Waals surface area contributed by atoms with Crippen molar-refractivity contribution in [2.45, 2.75) is 44.6 Å². The number of sulfonamides is 1. The number of nitrogens with one attached hydrogen (secondary N) is 1. The second-order valence-corrected chi connectivity index (χ2v) is 10.8. The summed E-state index contributed by atoms with van der Waals surface area (Å²) in [5.74, 6) is 0.691. The maximum atomic E-state index is 13.5. The molecule has 3 aromatic carbocycles. The molecule has 190 valence electrons. The molecular weight excluding hydrogens is 476 g/mol. The predicted octanol–water partition coefficient (Wildman–Crippen LogP) is 4.41. The SMILES string of the molecule is CCCc1ccc(OCCNC(=O)[C@@H]2CN(S(=O)(=O)c3ccc(C)cc3)c3cc(C)ccc3O2)cc1. The third-order valence-electron chi connectivity index (χ3n) is 6.02. The van der Waals surface area contributed by atoms with Crippen molar-refractivity contribution in [2.24, 2.45) is 0 Å². The van der Waals surface area contributed by atoms with Crippen LogP contribution >= 0.6 is 0 Å². The van der Waals surface area contributed by atoms with Crippen LogP contribution in [-0.4, -0.2) is 40.1 Å². The number of amides is 1. The van der Waals surface area contributed by atoms with Crippen LogP contribution in [0.3, 0.4) is 0 Å². The number of carbonyl (C=O) groups is 1. The Kier molecular flexibility index (Phi) is 7.84. The Labute approximate surface area is 213 Å². The standard InChI is InChI=1S/C28H32N2O5S/c1-4-5-22-9-11-23(12-10-22)34-17-16-29-28(31)27-19-30(25-18-21(3)8-15-26(25)35-27)36(32,33)24-13-6-20(2)7-14-24/h6-15,18,27H,4-5,16-17,19H2,1-3H3,(H,29,31)/t27-/m0/s1. The number of hydrogen-bond acceptors (Lipinski definition) is 5. The van der Waals surface area contributed by atoms with Crippen molar-refractivity contribution in [2.75, 3.05) is 24.0 Å². The zero-order valence-electron chi connectivity index (χ0n) is 20.9. The second kappa shape index (κ2) is 11.0. The molecule has 0 spiro atoms. The van der Waals surface area contributed by atoms with E-state index in [2.05, 4.69) is 12.2 Å². The van der Waals surface area contributed by atoms with Gasteiger partial charge in [-0.15, -0.1) is 0 Å².